The summed E-state index contributed by atoms with van der Waals surface area (Å²) in [7, 11) is 0. The molecule has 1 aromatic carbocycles. The van der Waals surface area contributed by atoms with E-state index in [9.17, 15) is 33.0 Å². The van der Waals surface area contributed by atoms with Crippen molar-refractivity contribution in [3.05, 3.63) is 23.8 Å². The van der Waals surface area contributed by atoms with Crippen LogP contribution in [-0.2, 0) is 11.0 Å². The van der Waals surface area contributed by atoms with E-state index in [-0.39, 0.29) is 42.5 Å². The molecule has 7 nitrogen and oxygen atoms in total. The van der Waals surface area contributed by atoms with Gasteiger partial charge in [-0.05, 0) is 70.1 Å². The fraction of sp³-hybridized carbons (Fsp3) is 0.667. The number of hydrogen-bond donors (Lipinski definition) is 2. The summed E-state index contributed by atoms with van der Waals surface area (Å²) >= 11 is 0. The number of carbonyl (C=O) groups excluding carboxylic acids is 1. The van der Waals surface area contributed by atoms with Crippen LogP contribution in [0.1, 0.15) is 57.4 Å². The normalized spacial score (nSPS) is 28.0. The van der Waals surface area contributed by atoms with Gasteiger partial charge in [-0.15, -0.1) is 0 Å². The number of hydrogen-bond acceptors (Lipinski definition) is 4. The molecule has 1 atom stereocenters. The van der Waals surface area contributed by atoms with Crippen molar-refractivity contribution in [1.29, 1.82) is 0 Å². The number of piperidine rings is 1. The van der Waals surface area contributed by atoms with Gasteiger partial charge in [0.2, 0.25) is 5.91 Å². The highest BCUT2D eigenvalue weighted by molar-refractivity contribution is 5.88. The highest BCUT2D eigenvalue weighted by Crippen LogP contribution is 2.46. The van der Waals surface area contributed by atoms with Crippen LogP contribution < -0.4 is 9.80 Å². The van der Waals surface area contributed by atoms with E-state index in [0.717, 1.165) is 23.8 Å². The summed E-state index contributed by atoms with van der Waals surface area (Å²) in [5.74, 6) is 0.0202. The quantitative estimate of drug-likeness (QED) is 0.666. The van der Waals surface area contributed by atoms with Gasteiger partial charge in [-0.1, -0.05) is 0 Å². The number of nitrogens with zero attached hydrogens (tertiary/aromatic N) is 3. The molecule has 1 aliphatic carbocycles. The second-order valence-electron chi connectivity index (χ2n) is 9.74. The number of aliphatic hydroxyl groups excluding tert-OH is 1. The number of alkyl halides is 3. The Labute approximate surface area is 197 Å². The van der Waals surface area contributed by atoms with Crippen LogP contribution >= 0.6 is 0 Å². The molecular weight excluding hydrogens is 451 g/mol. The van der Waals surface area contributed by atoms with Crippen LogP contribution in [0.15, 0.2) is 18.2 Å². The highest BCUT2D eigenvalue weighted by Gasteiger charge is 2.51. The van der Waals surface area contributed by atoms with Crippen molar-refractivity contribution in [1.82, 2.24) is 4.90 Å². The zero-order chi connectivity index (χ0) is 24.7. The summed E-state index contributed by atoms with van der Waals surface area (Å²) in [6, 6.07) is 3.72. The number of likely N-dealkylation sites (tertiary alicyclic amines) is 1. The minimum atomic E-state index is -4.66. The first-order valence-corrected chi connectivity index (χ1v) is 12.0. The van der Waals surface area contributed by atoms with Crippen LogP contribution in [0.25, 0.3) is 0 Å². The van der Waals surface area contributed by atoms with Crippen LogP contribution in [0, 0.1) is 5.41 Å². The summed E-state index contributed by atoms with van der Waals surface area (Å²) in [5, 5.41) is 19.1. The van der Waals surface area contributed by atoms with Crippen LogP contribution in [0.3, 0.4) is 0 Å². The summed E-state index contributed by atoms with van der Waals surface area (Å²) in [4.78, 5) is 29.4. The molecule has 0 bridgehead atoms. The SMILES string of the molecule is CCN(C(=O)O)c1ccc(N2CCCC3(CCN([C@H]4CC[C@H](O)CC4)C3=O)C2)c(C(F)(F)F)c1. The Kier molecular flexibility index (Phi) is 6.72. The predicted octanol–water partition coefficient (Wildman–Crippen LogP) is 4.33. The van der Waals surface area contributed by atoms with Gasteiger partial charge in [0, 0.05) is 43.6 Å². The fourth-order valence-corrected chi connectivity index (χ4v) is 5.90. The molecule has 34 heavy (non-hydrogen) atoms. The van der Waals surface area contributed by atoms with Gasteiger partial charge in [-0.2, -0.15) is 13.2 Å². The Hall–Kier alpha value is -2.49. The van der Waals surface area contributed by atoms with E-state index in [2.05, 4.69) is 0 Å². The lowest BCUT2D eigenvalue weighted by Crippen LogP contribution is -2.50. The maximum absolute atomic E-state index is 14.0. The Bertz CT molecular complexity index is 933. The molecule has 2 aliphatic heterocycles. The number of amides is 2. The van der Waals surface area contributed by atoms with Crippen molar-refractivity contribution < 1.29 is 33.0 Å². The van der Waals surface area contributed by atoms with Crippen LogP contribution in [0.5, 0.6) is 0 Å². The van der Waals surface area contributed by atoms with E-state index < -0.39 is 23.2 Å². The molecule has 2 N–H and O–H groups in total. The number of anilines is 2. The number of aliphatic hydroxyl groups is 1. The Morgan fingerprint density at radius 1 is 1.18 bits per heavy atom. The lowest BCUT2D eigenvalue weighted by atomic mass is 9.78. The molecule has 1 spiro atoms. The Morgan fingerprint density at radius 2 is 1.88 bits per heavy atom. The molecule has 2 saturated heterocycles. The second kappa shape index (κ2) is 9.28. The van der Waals surface area contributed by atoms with Gasteiger partial charge >= 0.3 is 12.3 Å². The third-order valence-electron chi connectivity index (χ3n) is 7.71. The topological polar surface area (TPSA) is 84.3 Å². The average molecular weight is 484 g/mol. The Morgan fingerprint density at radius 3 is 2.50 bits per heavy atom. The Balaban J connectivity index is 1.59. The van der Waals surface area contributed by atoms with Crippen molar-refractivity contribution in [2.75, 3.05) is 36.0 Å². The lowest BCUT2D eigenvalue weighted by Gasteiger charge is -2.42. The van der Waals surface area contributed by atoms with Gasteiger partial charge in [0.1, 0.15) is 0 Å². The fourth-order valence-electron chi connectivity index (χ4n) is 5.90. The minimum Gasteiger partial charge on any atom is -0.465 e. The van der Waals surface area contributed by atoms with Gasteiger partial charge in [0.15, 0.2) is 0 Å². The minimum absolute atomic E-state index is 0.0104. The summed E-state index contributed by atoms with van der Waals surface area (Å²) in [5.41, 5.74) is -1.62. The summed E-state index contributed by atoms with van der Waals surface area (Å²) in [6.07, 6.45) is -1.58. The molecule has 4 rings (SSSR count). The zero-order valence-corrected chi connectivity index (χ0v) is 19.4. The number of benzene rings is 1. The molecule has 188 valence electrons. The van der Waals surface area contributed by atoms with Crippen LogP contribution in [-0.4, -0.2) is 65.4 Å². The molecule has 2 heterocycles. The van der Waals surface area contributed by atoms with E-state index >= 15 is 0 Å². The van der Waals surface area contributed by atoms with E-state index in [4.69, 9.17) is 0 Å². The molecular formula is C24H32F3N3O4. The van der Waals surface area contributed by atoms with Crippen molar-refractivity contribution in [3.8, 4) is 0 Å². The monoisotopic (exact) mass is 483 g/mol. The first-order chi connectivity index (χ1) is 16.1. The molecule has 3 fully saturated rings. The second-order valence-corrected chi connectivity index (χ2v) is 9.74. The molecule has 1 unspecified atom stereocenters. The zero-order valence-electron chi connectivity index (χ0n) is 19.4. The predicted molar refractivity (Wildman–Crippen MR) is 121 cm³/mol. The maximum atomic E-state index is 14.0. The number of carboxylic acid groups (broad SMARTS) is 1. The number of halogens is 3. The van der Waals surface area contributed by atoms with E-state index in [0.29, 0.717) is 45.2 Å². The van der Waals surface area contributed by atoms with Gasteiger partial charge in [-0.3, -0.25) is 9.69 Å². The largest absolute Gasteiger partial charge is 0.465 e. The standard InChI is InChI=1S/C24H32F3N3O4/c1-2-29(22(33)34)17-6-9-20(19(14-17)24(25,26)27)28-12-3-10-23(15-28)11-13-30(21(23)32)16-4-7-18(31)8-5-16/h6,9,14,16,18,31H,2-5,7-8,10-13,15H2,1H3,(H,33,34)/t16-,18-,23?. The third-order valence-corrected chi connectivity index (χ3v) is 7.71. The van der Waals surface area contributed by atoms with Crippen molar-refractivity contribution in [2.24, 2.45) is 5.41 Å². The smallest absolute Gasteiger partial charge is 0.418 e. The van der Waals surface area contributed by atoms with E-state index in [1.54, 1.807) is 11.8 Å². The first-order valence-electron chi connectivity index (χ1n) is 12.0. The average Bonchev–Trinajstić information content (AvgIpc) is 3.09. The van der Waals surface area contributed by atoms with Gasteiger partial charge in [0.25, 0.3) is 0 Å². The molecule has 0 aromatic heterocycles. The molecule has 1 saturated carbocycles. The van der Waals surface area contributed by atoms with Crippen LogP contribution in [0.4, 0.5) is 29.3 Å². The van der Waals surface area contributed by atoms with Gasteiger partial charge in [-0.25, -0.2) is 4.79 Å². The maximum Gasteiger partial charge on any atom is 0.418 e. The summed E-state index contributed by atoms with van der Waals surface area (Å²) in [6.45, 7) is 2.82. The van der Waals surface area contributed by atoms with Crippen molar-refractivity contribution >= 4 is 23.4 Å². The van der Waals surface area contributed by atoms with E-state index in [1.807, 2.05) is 4.90 Å². The lowest BCUT2D eigenvalue weighted by molar-refractivity contribution is -0.139. The first kappa shape index (κ1) is 24.6. The molecule has 0 radical (unpaired) electrons. The highest BCUT2D eigenvalue weighted by atomic mass is 19.4. The molecule has 1 aromatic rings. The van der Waals surface area contributed by atoms with Gasteiger partial charge < -0.3 is 20.0 Å². The van der Waals surface area contributed by atoms with Gasteiger partial charge in [0.05, 0.1) is 17.1 Å². The number of rotatable bonds is 4. The molecule has 10 heteroatoms. The summed E-state index contributed by atoms with van der Waals surface area (Å²) < 4.78 is 42.1. The number of carbonyl (C=O) groups is 2. The van der Waals surface area contributed by atoms with E-state index in [1.165, 1.54) is 12.1 Å². The molecule has 2 amide bonds. The molecule has 3 aliphatic rings. The third kappa shape index (κ3) is 4.56. The van der Waals surface area contributed by atoms with Crippen molar-refractivity contribution in [2.45, 2.75) is 70.2 Å². The van der Waals surface area contributed by atoms with Crippen LogP contribution in [0.2, 0.25) is 0 Å². The van der Waals surface area contributed by atoms with Crippen molar-refractivity contribution in [3.63, 3.8) is 0 Å².